The Morgan fingerprint density at radius 3 is 2.64 bits per heavy atom. The molecule has 0 atom stereocenters. The van der Waals surface area contributed by atoms with Gasteiger partial charge in [-0.15, -0.1) is 0 Å². The van der Waals surface area contributed by atoms with E-state index < -0.39 is 0 Å². The zero-order valence-electron chi connectivity index (χ0n) is 16.2. The van der Waals surface area contributed by atoms with Crippen molar-refractivity contribution in [3.8, 4) is 11.3 Å². The van der Waals surface area contributed by atoms with Gasteiger partial charge in [0.25, 0.3) is 0 Å². The molecule has 1 amide bonds. The Morgan fingerprint density at radius 2 is 1.93 bits per heavy atom. The molecule has 1 aliphatic heterocycles. The highest BCUT2D eigenvalue weighted by molar-refractivity contribution is 7.08. The van der Waals surface area contributed by atoms with Crippen molar-refractivity contribution in [2.24, 2.45) is 0 Å². The highest BCUT2D eigenvalue weighted by atomic mass is 32.1. The van der Waals surface area contributed by atoms with Crippen LogP contribution in [0.2, 0.25) is 0 Å². The van der Waals surface area contributed by atoms with Crippen LogP contribution in [0.4, 0.5) is 0 Å². The normalized spacial score (nSPS) is 15.0. The second kappa shape index (κ2) is 8.65. The molecule has 3 heterocycles. The van der Waals surface area contributed by atoms with Gasteiger partial charge in [-0.3, -0.25) is 4.79 Å². The summed E-state index contributed by atoms with van der Waals surface area (Å²) in [6.07, 6.45) is 3.26. The van der Waals surface area contributed by atoms with E-state index in [1.54, 1.807) is 11.3 Å². The van der Waals surface area contributed by atoms with E-state index in [1.165, 1.54) is 5.56 Å². The molecule has 1 fully saturated rings. The van der Waals surface area contributed by atoms with Crippen LogP contribution < -0.4 is 0 Å². The Labute approximate surface area is 170 Å². The van der Waals surface area contributed by atoms with Gasteiger partial charge in [-0.25, -0.2) is 9.97 Å². The number of likely N-dealkylation sites (tertiary alicyclic amines) is 1. The quantitative estimate of drug-likeness (QED) is 0.624. The first-order chi connectivity index (χ1) is 13.7. The third-order valence-electron chi connectivity index (χ3n) is 5.37. The summed E-state index contributed by atoms with van der Waals surface area (Å²) in [6.45, 7) is 3.62. The summed E-state index contributed by atoms with van der Waals surface area (Å²) in [6, 6.07) is 14.4. The van der Waals surface area contributed by atoms with Crippen LogP contribution >= 0.6 is 11.3 Å². The van der Waals surface area contributed by atoms with Crippen molar-refractivity contribution in [1.82, 2.24) is 14.9 Å². The minimum atomic E-state index is 0.256. The topological polar surface area (TPSA) is 46.1 Å². The Hall–Kier alpha value is -2.53. The summed E-state index contributed by atoms with van der Waals surface area (Å²) in [4.78, 5) is 24.1. The van der Waals surface area contributed by atoms with Gasteiger partial charge >= 0.3 is 0 Å². The summed E-state index contributed by atoms with van der Waals surface area (Å²) in [5, 5.41) is 4.20. The predicted octanol–water partition coefficient (Wildman–Crippen LogP) is 4.85. The molecule has 1 saturated heterocycles. The maximum Gasteiger partial charge on any atom is 0.222 e. The number of rotatable bonds is 5. The van der Waals surface area contributed by atoms with Crippen LogP contribution in [-0.4, -0.2) is 33.9 Å². The molecule has 0 radical (unpaired) electrons. The predicted molar refractivity (Wildman–Crippen MR) is 113 cm³/mol. The summed E-state index contributed by atoms with van der Waals surface area (Å²) in [5.74, 6) is 1.51. The van der Waals surface area contributed by atoms with Crippen molar-refractivity contribution in [2.75, 3.05) is 13.1 Å². The first kappa shape index (κ1) is 18.8. The van der Waals surface area contributed by atoms with Crippen LogP contribution in [0.3, 0.4) is 0 Å². The van der Waals surface area contributed by atoms with Crippen LogP contribution in [0.1, 0.15) is 42.3 Å². The SMILES string of the molecule is Cc1cc(-c2ccsc2)nc(C2CCN(C(=O)CCc3ccccc3)CC2)n1. The number of aryl methyl sites for hydroxylation is 2. The average molecular weight is 392 g/mol. The summed E-state index contributed by atoms with van der Waals surface area (Å²) < 4.78 is 0. The van der Waals surface area contributed by atoms with E-state index in [2.05, 4.69) is 29.0 Å². The third-order valence-corrected chi connectivity index (χ3v) is 6.05. The number of aromatic nitrogens is 2. The van der Waals surface area contributed by atoms with Gasteiger partial charge in [0.2, 0.25) is 5.91 Å². The van der Waals surface area contributed by atoms with Gasteiger partial charge < -0.3 is 4.90 Å². The van der Waals surface area contributed by atoms with E-state index >= 15 is 0 Å². The maximum absolute atomic E-state index is 12.6. The van der Waals surface area contributed by atoms with E-state index in [0.717, 1.165) is 55.1 Å². The molecule has 4 rings (SSSR count). The van der Waals surface area contributed by atoms with Crippen molar-refractivity contribution >= 4 is 17.2 Å². The number of benzene rings is 1. The number of hydrogen-bond donors (Lipinski definition) is 0. The van der Waals surface area contributed by atoms with Crippen LogP contribution in [0.25, 0.3) is 11.3 Å². The molecule has 0 spiro atoms. The molecule has 5 heteroatoms. The molecule has 2 aromatic heterocycles. The highest BCUT2D eigenvalue weighted by Gasteiger charge is 2.25. The Bertz CT molecular complexity index is 916. The third kappa shape index (κ3) is 4.47. The molecule has 144 valence electrons. The minimum absolute atomic E-state index is 0.256. The molecule has 28 heavy (non-hydrogen) atoms. The Balaban J connectivity index is 1.36. The summed E-state index contributed by atoms with van der Waals surface area (Å²) in [5.41, 5.74) is 4.39. The number of carbonyl (C=O) groups excluding carboxylic acids is 1. The van der Waals surface area contributed by atoms with E-state index in [-0.39, 0.29) is 5.91 Å². The molecule has 3 aromatic rings. The molecular weight excluding hydrogens is 366 g/mol. The molecule has 0 N–H and O–H groups in total. The van der Waals surface area contributed by atoms with Gasteiger partial charge in [0.15, 0.2) is 0 Å². The fourth-order valence-corrected chi connectivity index (χ4v) is 4.42. The van der Waals surface area contributed by atoms with Gasteiger partial charge in [-0.2, -0.15) is 11.3 Å². The largest absolute Gasteiger partial charge is 0.343 e. The summed E-state index contributed by atoms with van der Waals surface area (Å²) in [7, 11) is 0. The van der Waals surface area contributed by atoms with Crippen molar-refractivity contribution < 1.29 is 4.79 Å². The molecule has 0 saturated carbocycles. The van der Waals surface area contributed by atoms with Crippen LogP contribution in [0, 0.1) is 6.92 Å². The van der Waals surface area contributed by atoms with E-state index in [4.69, 9.17) is 9.97 Å². The van der Waals surface area contributed by atoms with Crippen molar-refractivity contribution in [2.45, 2.75) is 38.5 Å². The lowest BCUT2D eigenvalue weighted by Gasteiger charge is -2.31. The smallest absolute Gasteiger partial charge is 0.222 e. The highest BCUT2D eigenvalue weighted by Crippen LogP contribution is 2.29. The number of amides is 1. The van der Waals surface area contributed by atoms with Gasteiger partial charge in [-0.05, 0) is 49.3 Å². The van der Waals surface area contributed by atoms with Crippen LogP contribution in [0.15, 0.2) is 53.2 Å². The van der Waals surface area contributed by atoms with Crippen LogP contribution in [-0.2, 0) is 11.2 Å². The van der Waals surface area contributed by atoms with Crippen molar-refractivity contribution in [1.29, 1.82) is 0 Å². The van der Waals surface area contributed by atoms with Gasteiger partial charge in [0.05, 0.1) is 5.69 Å². The van der Waals surface area contributed by atoms with E-state index in [9.17, 15) is 4.79 Å². The molecule has 0 aliphatic carbocycles. The lowest BCUT2D eigenvalue weighted by molar-refractivity contribution is -0.132. The van der Waals surface area contributed by atoms with E-state index in [0.29, 0.717) is 12.3 Å². The molecule has 0 unspecified atom stereocenters. The molecular formula is C23H25N3OS. The van der Waals surface area contributed by atoms with E-state index in [1.807, 2.05) is 36.1 Å². The lowest BCUT2D eigenvalue weighted by Crippen LogP contribution is -2.38. The fourth-order valence-electron chi connectivity index (χ4n) is 3.77. The number of piperidine rings is 1. The molecule has 0 bridgehead atoms. The second-order valence-electron chi connectivity index (χ2n) is 7.41. The number of carbonyl (C=O) groups is 1. The molecule has 4 nitrogen and oxygen atoms in total. The first-order valence-electron chi connectivity index (χ1n) is 9.89. The first-order valence-corrected chi connectivity index (χ1v) is 10.8. The zero-order valence-corrected chi connectivity index (χ0v) is 17.0. The summed E-state index contributed by atoms with van der Waals surface area (Å²) >= 11 is 1.68. The average Bonchev–Trinajstić information content (AvgIpc) is 3.27. The maximum atomic E-state index is 12.6. The second-order valence-corrected chi connectivity index (χ2v) is 8.19. The fraction of sp³-hybridized carbons (Fsp3) is 0.348. The van der Waals surface area contributed by atoms with Gasteiger partial charge in [-0.1, -0.05) is 30.3 Å². The standard InChI is InChI=1S/C23H25N3OS/c1-17-15-21(20-11-14-28-16-20)25-23(24-17)19-9-12-26(13-10-19)22(27)8-7-18-5-3-2-4-6-18/h2-6,11,14-16,19H,7-10,12-13H2,1H3. The monoisotopic (exact) mass is 391 g/mol. The van der Waals surface area contributed by atoms with Gasteiger partial charge in [0.1, 0.15) is 5.82 Å². The lowest BCUT2D eigenvalue weighted by atomic mass is 9.95. The van der Waals surface area contributed by atoms with Crippen molar-refractivity contribution in [3.05, 3.63) is 70.3 Å². The van der Waals surface area contributed by atoms with Gasteiger partial charge in [0, 0.05) is 42.1 Å². The molecule has 1 aromatic carbocycles. The Kier molecular flexibility index (Phi) is 5.81. The zero-order chi connectivity index (χ0) is 19.3. The molecule has 1 aliphatic rings. The number of hydrogen-bond acceptors (Lipinski definition) is 4. The minimum Gasteiger partial charge on any atom is -0.343 e. The van der Waals surface area contributed by atoms with Crippen molar-refractivity contribution in [3.63, 3.8) is 0 Å². The number of thiophene rings is 1. The van der Waals surface area contributed by atoms with Crippen LogP contribution in [0.5, 0.6) is 0 Å². The Morgan fingerprint density at radius 1 is 1.14 bits per heavy atom. The number of nitrogens with zero attached hydrogens (tertiary/aromatic N) is 3.